The van der Waals surface area contributed by atoms with Crippen molar-refractivity contribution in [2.75, 3.05) is 33.3 Å². The number of furan rings is 1. The van der Waals surface area contributed by atoms with E-state index in [1.165, 1.54) is 12.8 Å². The van der Waals surface area contributed by atoms with Gasteiger partial charge in [0, 0.05) is 24.4 Å². The predicted molar refractivity (Wildman–Crippen MR) is 87.8 cm³/mol. The first-order chi connectivity index (χ1) is 10.7. The maximum absolute atomic E-state index is 9.97. The summed E-state index contributed by atoms with van der Waals surface area (Å²) in [5.74, 6) is 2.19. The number of fused-ring (bicyclic) bond motifs is 1. The van der Waals surface area contributed by atoms with Crippen LogP contribution in [0, 0.1) is 5.41 Å². The molecule has 22 heavy (non-hydrogen) atoms. The van der Waals surface area contributed by atoms with Gasteiger partial charge in [-0.2, -0.15) is 0 Å². The SMILES string of the molecule is CCCc1ccc(CN2CC[C@@]3(CO)CCCN(C)[C@@H]3C2)o1. The second kappa shape index (κ2) is 6.73. The van der Waals surface area contributed by atoms with Crippen LogP contribution >= 0.6 is 0 Å². The molecular weight excluding hydrogens is 276 g/mol. The lowest BCUT2D eigenvalue weighted by molar-refractivity contribution is -0.0694. The molecule has 0 aromatic carbocycles. The molecule has 0 spiro atoms. The predicted octanol–water partition coefficient (Wildman–Crippen LogP) is 2.51. The van der Waals surface area contributed by atoms with Crippen molar-refractivity contribution in [3.05, 3.63) is 23.7 Å². The van der Waals surface area contributed by atoms with Crippen LogP contribution in [-0.4, -0.2) is 54.2 Å². The van der Waals surface area contributed by atoms with E-state index in [-0.39, 0.29) is 5.41 Å². The number of likely N-dealkylation sites (N-methyl/N-ethyl adjacent to an activating group) is 1. The normalized spacial score (nSPS) is 30.4. The van der Waals surface area contributed by atoms with E-state index < -0.39 is 0 Å². The van der Waals surface area contributed by atoms with Crippen molar-refractivity contribution in [1.29, 1.82) is 0 Å². The average Bonchev–Trinajstić information content (AvgIpc) is 2.96. The molecule has 0 unspecified atom stereocenters. The summed E-state index contributed by atoms with van der Waals surface area (Å²) in [5.41, 5.74) is 0.125. The minimum absolute atomic E-state index is 0.125. The summed E-state index contributed by atoms with van der Waals surface area (Å²) < 4.78 is 5.94. The van der Waals surface area contributed by atoms with Crippen LogP contribution in [0.2, 0.25) is 0 Å². The zero-order valence-electron chi connectivity index (χ0n) is 14.1. The maximum atomic E-state index is 9.97. The van der Waals surface area contributed by atoms with Gasteiger partial charge in [-0.15, -0.1) is 0 Å². The van der Waals surface area contributed by atoms with Gasteiger partial charge < -0.3 is 14.4 Å². The Labute approximate surface area is 134 Å². The molecule has 0 aliphatic carbocycles. The van der Waals surface area contributed by atoms with Gasteiger partial charge in [0.25, 0.3) is 0 Å². The second-order valence-corrected chi connectivity index (χ2v) is 7.22. The molecule has 2 aliphatic rings. The minimum Gasteiger partial charge on any atom is -0.465 e. The third-order valence-electron chi connectivity index (χ3n) is 5.69. The summed E-state index contributed by atoms with van der Waals surface area (Å²) in [7, 11) is 2.21. The van der Waals surface area contributed by atoms with Crippen LogP contribution in [0.15, 0.2) is 16.5 Å². The van der Waals surface area contributed by atoms with Crippen LogP contribution in [-0.2, 0) is 13.0 Å². The molecule has 2 fully saturated rings. The Hall–Kier alpha value is -0.840. The fraction of sp³-hybridized carbons (Fsp3) is 0.778. The Balaban J connectivity index is 1.64. The fourth-order valence-electron chi connectivity index (χ4n) is 4.33. The van der Waals surface area contributed by atoms with E-state index in [2.05, 4.69) is 35.9 Å². The highest BCUT2D eigenvalue weighted by Gasteiger charge is 2.46. The minimum atomic E-state index is 0.125. The largest absolute Gasteiger partial charge is 0.465 e. The van der Waals surface area contributed by atoms with E-state index in [0.29, 0.717) is 12.6 Å². The number of hydrogen-bond donors (Lipinski definition) is 1. The molecule has 2 atom stereocenters. The highest BCUT2D eigenvalue weighted by atomic mass is 16.3. The molecule has 1 aromatic rings. The average molecular weight is 306 g/mol. The van der Waals surface area contributed by atoms with Gasteiger partial charge in [0.05, 0.1) is 13.2 Å². The number of aryl methyl sites for hydroxylation is 1. The number of rotatable bonds is 5. The molecule has 0 amide bonds. The van der Waals surface area contributed by atoms with Crippen LogP contribution in [0.25, 0.3) is 0 Å². The van der Waals surface area contributed by atoms with Gasteiger partial charge in [-0.1, -0.05) is 6.92 Å². The summed E-state index contributed by atoms with van der Waals surface area (Å²) in [4.78, 5) is 4.95. The van der Waals surface area contributed by atoms with Crippen LogP contribution in [0.1, 0.15) is 44.1 Å². The standard InChI is InChI=1S/C18H30N2O2/c1-3-5-15-6-7-16(22-15)12-20-11-9-18(14-21)8-4-10-19(2)17(18)13-20/h6-7,17,21H,3-5,8-14H2,1-2H3/t17-,18-/m1/s1. The number of aliphatic hydroxyl groups excluding tert-OH is 1. The van der Waals surface area contributed by atoms with Gasteiger partial charge in [-0.3, -0.25) is 4.90 Å². The number of likely N-dealkylation sites (tertiary alicyclic amines) is 2. The molecular formula is C18H30N2O2. The molecule has 0 radical (unpaired) electrons. The summed E-state index contributed by atoms with van der Waals surface area (Å²) in [6.45, 7) is 6.67. The first kappa shape index (κ1) is 16.0. The molecule has 124 valence electrons. The third-order valence-corrected chi connectivity index (χ3v) is 5.69. The smallest absolute Gasteiger partial charge is 0.118 e. The van der Waals surface area contributed by atoms with Crippen molar-refractivity contribution in [3.63, 3.8) is 0 Å². The Morgan fingerprint density at radius 1 is 1.27 bits per heavy atom. The number of hydrogen-bond acceptors (Lipinski definition) is 4. The van der Waals surface area contributed by atoms with Crippen molar-refractivity contribution in [1.82, 2.24) is 9.80 Å². The number of nitrogens with zero attached hydrogens (tertiary/aromatic N) is 2. The summed E-state index contributed by atoms with van der Waals surface area (Å²) in [6, 6.07) is 4.72. The van der Waals surface area contributed by atoms with Gasteiger partial charge in [-0.25, -0.2) is 0 Å². The molecule has 2 aliphatic heterocycles. The molecule has 1 N–H and O–H groups in total. The van der Waals surface area contributed by atoms with E-state index in [0.717, 1.165) is 57.0 Å². The Morgan fingerprint density at radius 2 is 2.09 bits per heavy atom. The van der Waals surface area contributed by atoms with Crippen molar-refractivity contribution in [2.45, 2.75) is 51.6 Å². The Bertz CT molecular complexity index is 487. The van der Waals surface area contributed by atoms with E-state index in [9.17, 15) is 5.11 Å². The molecule has 1 aromatic heterocycles. The highest BCUT2D eigenvalue weighted by Crippen LogP contribution is 2.41. The molecule has 4 nitrogen and oxygen atoms in total. The van der Waals surface area contributed by atoms with Gasteiger partial charge >= 0.3 is 0 Å². The molecule has 4 heteroatoms. The lowest BCUT2D eigenvalue weighted by Gasteiger charge is -2.53. The highest BCUT2D eigenvalue weighted by molar-refractivity contribution is 5.08. The van der Waals surface area contributed by atoms with Gasteiger partial charge in [0.15, 0.2) is 0 Å². The number of piperidine rings is 2. The number of aliphatic hydroxyl groups is 1. The summed E-state index contributed by atoms with van der Waals surface area (Å²) in [5, 5.41) is 9.97. The monoisotopic (exact) mass is 306 g/mol. The van der Waals surface area contributed by atoms with Crippen molar-refractivity contribution >= 4 is 0 Å². The first-order valence-electron chi connectivity index (χ1n) is 8.78. The van der Waals surface area contributed by atoms with Crippen LogP contribution in [0.3, 0.4) is 0 Å². The molecule has 2 saturated heterocycles. The fourth-order valence-corrected chi connectivity index (χ4v) is 4.33. The molecule has 3 heterocycles. The van der Waals surface area contributed by atoms with Crippen LogP contribution in [0.5, 0.6) is 0 Å². The van der Waals surface area contributed by atoms with Crippen LogP contribution < -0.4 is 0 Å². The van der Waals surface area contributed by atoms with Crippen LogP contribution in [0.4, 0.5) is 0 Å². The lowest BCUT2D eigenvalue weighted by Crippen LogP contribution is -2.61. The zero-order valence-corrected chi connectivity index (χ0v) is 14.1. The Morgan fingerprint density at radius 3 is 2.86 bits per heavy atom. The lowest BCUT2D eigenvalue weighted by atomic mass is 9.69. The Kier molecular flexibility index (Phi) is 4.91. The van der Waals surface area contributed by atoms with E-state index >= 15 is 0 Å². The van der Waals surface area contributed by atoms with E-state index in [1.54, 1.807) is 0 Å². The molecule has 3 rings (SSSR count). The van der Waals surface area contributed by atoms with E-state index in [4.69, 9.17) is 4.42 Å². The second-order valence-electron chi connectivity index (χ2n) is 7.22. The van der Waals surface area contributed by atoms with Gasteiger partial charge in [0.1, 0.15) is 11.5 Å². The molecule has 0 bridgehead atoms. The topological polar surface area (TPSA) is 39.9 Å². The van der Waals surface area contributed by atoms with Crippen molar-refractivity contribution < 1.29 is 9.52 Å². The summed E-state index contributed by atoms with van der Waals surface area (Å²) >= 11 is 0. The maximum Gasteiger partial charge on any atom is 0.118 e. The summed E-state index contributed by atoms with van der Waals surface area (Å²) in [6.07, 6.45) is 5.64. The van der Waals surface area contributed by atoms with Gasteiger partial charge in [-0.05, 0) is 58.0 Å². The van der Waals surface area contributed by atoms with Crippen molar-refractivity contribution in [3.8, 4) is 0 Å². The van der Waals surface area contributed by atoms with Gasteiger partial charge in [0.2, 0.25) is 0 Å². The molecule has 0 saturated carbocycles. The van der Waals surface area contributed by atoms with Crippen molar-refractivity contribution in [2.24, 2.45) is 5.41 Å². The third kappa shape index (κ3) is 3.10. The van der Waals surface area contributed by atoms with E-state index in [1.807, 2.05) is 0 Å². The zero-order chi connectivity index (χ0) is 15.6. The quantitative estimate of drug-likeness (QED) is 0.907. The first-order valence-corrected chi connectivity index (χ1v) is 8.78.